The normalized spacial score (nSPS) is 18.4. The van der Waals surface area contributed by atoms with Gasteiger partial charge in [-0.05, 0) is 13.3 Å². The zero-order valence-corrected chi connectivity index (χ0v) is 10.4. The topological polar surface area (TPSA) is 89.2 Å². The van der Waals surface area contributed by atoms with Crippen LogP contribution in [-0.2, 0) is 10.0 Å². The van der Waals surface area contributed by atoms with Gasteiger partial charge in [0, 0.05) is 13.1 Å². The van der Waals surface area contributed by atoms with Crippen LogP contribution < -0.4 is 5.73 Å². The van der Waals surface area contributed by atoms with E-state index in [0.717, 1.165) is 17.8 Å². The molecule has 88 valence electrons. The Labute approximate surface area is 97.8 Å². The van der Waals surface area contributed by atoms with Gasteiger partial charge in [0.2, 0.25) is 9.47 Å². The molecule has 0 saturated heterocycles. The molecule has 0 amide bonds. The number of aromatic nitrogens is 2. The van der Waals surface area contributed by atoms with Crippen molar-refractivity contribution in [3.05, 3.63) is 11.6 Å². The van der Waals surface area contributed by atoms with Crippen LogP contribution >= 0.6 is 11.3 Å². The molecule has 6 nitrogen and oxygen atoms in total. The number of hydrogen-bond donors (Lipinski definition) is 1. The van der Waals surface area contributed by atoms with Crippen LogP contribution in [0.2, 0.25) is 0 Å². The quantitative estimate of drug-likeness (QED) is 0.780. The van der Waals surface area contributed by atoms with Gasteiger partial charge in [-0.25, -0.2) is 8.42 Å². The van der Waals surface area contributed by atoms with Crippen molar-refractivity contribution in [1.29, 1.82) is 0 Å². The summed E-state index contributed by atoms with van der Waals surface area (Å²) in [4.78, 5) is 0. The number of rotatable bonds is 2. The highest BCUT2D eigenvalue weighted by atomic mass is 32.2. The minimum Gasteiger partial charge on any atom is -0.374 e. The molecule has 0 aromatic carbocycles. The fraction of sp³-hybridized carbons (Fsp3) is 0.500. The molecule has 0 saturated carbocycles. The van der Waals surface area contributed by atoms with Crippen molar-refractivity contribution in [2.24, 2.45) is 0 Å². The smallest absolute Gasteiger partial charge is 0.272 e. The monoisotopic (exact) mass is 260 g/mol. The van der Waals surface area contributed by atoms with Crippen LogP contribution in [0.1, 0.15) is 13.3 Å². The molecule has 0 bridgehead atoms. The van der Waals surface area contributed by atoms with Gasteiger partial charge < -0.3 is 5.73 Å². The van der Waals surface area contributed by atoms with Crippen molar-refractivity contribution < 1.29 is 8.42 Å². The fourth-order valence-electron chi connectivity index (χ4n) is 1.41. The summed E-state index contributed by atoms with van der Waals surface area (Å²) in [6.45, 7) is 2.88. The van der Waals surface area contributed by atoms with Gasteiger partial charge in [0.05, 0.1) is 0 Å². The van der Waals surface area contributed by atoms with E-state index >= 15 is 0 Å². The highest BCUT2D eigenvalue weighted by molar-refractivity contribution is 7.91. The van der Waals surface area contributed by atoms with Crippen LogP contribution in [0.4, 0.5) is 5.13 Å². The second-order valence-corrected chi connectivity index (χ2v) is 6.69. The van der Waals surface area contributed by atoms with Crippen LogP contribution in [-0.4, -0.2) is 36.0 Å². The van der Waals surface area contributed by atoms with Crippen molar-refractivity contribution in [3.8, 4) is 0 Å². The highest BCUT2D eigenvalue weighted by Gasteiger charge is 2.28. The fourth-order valence-corrected chi connectivity index (χ4v) is 3.71. The third-order valence-electron chi connectivity index (χ3n) is 2.38. The summed E-state index contributed by atoms with van der Waals surface area (Å²) < 4.78 is 25.5. The maximum absolute atomic E-state index is 12.1. The van der Waals surface area contributed by atoms with Crippen LogP contribution in [0, 0.1) is 0 Å². The van der Waals surface area contributed by atoms with E-state index in [4.69, 9.17) is 5.73 Å². The Morgan fingerprint density at radius 3 is 2.75 bits per heavy atom. The number of nitrogens with two attached hydrogens (primary N) is 1. The average molecular weight is 260 g/mol. The second-order valence-electron chi connectivity index (χ2n) is 3.57. The zero-order chi connectivity index (χ0) is 11.8. The van der Waals surface area contributed by atoms with E-state index < -0.39 is 10.0 Å². The van der Waals surface area contributed by atoms with Crippen molar-refractivity contribution in [3.63, 3.8) is 0 Å². The summed E-state index contributed by atoms with van der Waals surface area (Å²) in [5.74, 6) is 0. The van der Waals surface area contributed by atoms with Crippen molar-refractivity contribution in [2.45, 2.75) is 17.7 Å². The molecular weight excluding hydrogens is 248 g/mol. The number of nitrogen functional groups attached to an aromatic ring is 1. The molecule has 1 aromatic heterocycles. The lowest BCUT2D eigenvalue weighted by atomic mass is 10.1. The Balaban J connectivity index is 2.27. The summed E-state index contributed by atoms with van der Waals surface area (Å²) in [6, 6.07) is 0. The third-order valence-corrected chi connectivity index (χ3v) is 5.34. The molecule has 8 heteroatoms. The molecule has 2 rings (SSSR count). The maximum atomic E-state index is 12.1. The predicted molar refractivity (Wildman–Crippen MR) is 61.5 cm³/mol. The van der Waals surface area contributed by atoms with E-state index in [9.17, 15) is 8.42 Å². The van der Waals surface area contributed by atoms with Gasteiger partial charge in [0.15, 0.2) is 0 Å². The predicted octanol–water partition coefficient (Wildman–Crippen LogP) is 0.461. The lowest BCUT2D eigenvalue weighted by molar-refractivity contribution is 0.430. The summed E-state index contributed by atoms with van der Waals surface area (Å²) in [6.07, 6.45) is 2.67. The Morgan fingerprint density at radius 1 is 1.50 bits per heavy atom. The highest BCUT2D eigenvalue weighted by Crippen LogP contribution is 2.23. The molecule has 1 aromatic rings. The average Bonchev–Trinajstić information content (AvgIpc) is 2.66. The van der Waals surface area contributed by atoms with Crippen molar-refractivity contribution in [1.82, 2.24) is 14.5 Å². The minimum atomic E-state index is -3.51. The first kappa shape index (κ1) is 11.5. The first-order chi connectivity index (χ1) is 7.50. The first-order valence-corrected chi connectivity index (χ1v) is 7.00. The zero-order valence-electron chi connectivity index (χ0n) is 8.75. The van der Waals surface area contributed by atoms with Gasteiger partial charge in [-0.2, -0.15) is 4.31 Å². The van der Waals surface area contributed by atoms with E-state index in [0.29, 0.717) is 13.1 Å². The Kier molecular flexibility index (Phi) is 2.96. The van der Waals surface area contributed by atoms with E-state index in [2.05, 4.69) is 10.2 Å². The van der Waals surface area contributed by atoms with Gasteiger partial charge in [-0.15, -0.1) is 10.2 Å². The SMILES string of the molecule is CC1=CCN(S(=O)(=O)c2nnc(N)s2)CC1. The number of sulfonamides is 1. The van der Waals surface area contributed by atoms with Gasteiger partial charge in [0.25, 0.3) is 10.0 Å². The Morgan fingerprint density at radius 2 is 2.25 bits per heavy atom. The second kappa shape index (κ2) is 4.11. The molecule has 0 radical (unpaired) electrons. The molecule has 0 fully saturated rings. The molecule has 1 aliphatic heterocycles. The lowest BCUT2D eigenvalue weighted by Gasteiger charge is -2.23. The lowest BCUT2D eigenvalue weighted by Crippen LogP contribution is -2.34. The van der Waals surface area contributed by atoms with Crippen molar-refractivity contribution in [2.75, 3.05) is 18.8 Å². The molecule has 0 unspecified atom stereocenters. The van der Waals surface area contributed by atoms with E-state index in [1.54, 1.807) is 0 Å². The van der Waals surface area contributed by atoms with Gasteiger partial charge in [0.1, 0.15) is 0 Å². The summed E-state index contributed by atoms with van der Waals surface area (Å²) in [5, 5.41) is 7.26. The molecule has 16 heavy (non-hydrogen) atoms. The summed E-state index contributed by atoms with van der Waals surface area (Å²) in [7, 11) is -3.51. The molecule has 1 aliphatic rings. The Hall–Kier alpha value is -0.990. The van der Waals surface area contributed by atoms with Gasteiger partial charge >= 0.3 is 0 Å². The molecule has 2 heterocycles. The van der Waals surface area contributed by atoms with E-state index in [-0.39, 0.29) is 9.47 Å². The van der Waals surface area contributed by atoms with Crippen molar-refractivity contribution >= 4 is 26.5 Å². The number of hydrogen-bond acceptors (Lipinski definition) is 6. The molecule has 0 spiro atoms. The summed E-state index contributed by atoms with van der Waals surface area (Å²) in [5.41, 5.74) is 6.59. The minimum absolute atomic E-state index is 0.0297. The standard InChI is InChI=1S/C8H12N4O2S2/c1-6-2-4-12(5-3-6)16(13,14)8-11-10-7(9)15-8/h2H,3-5H2,1H3,(H2,9,10). The number of nitrogens with zero attached hydrogens (tertiary/aromatic N) is 3. The number of anilines is 1. The van der Waals surface area contributed by atoms with Crippen LogP contribution in [0.5, 0.6) is 0 Å². The van der Waals surface area contributed by atoms with Gasteiger partial charge in [-0.3, -0.25) is 0 Å². The van der Waals surface area contributed by atoms with Crippen LogP contribution in [0.25, 0.3) is 0 Å². The molecule has 2 N–H and O–H groups in total. The first-order valence-electron chi connectivity index (χ1n) is 4.75. The Bertz CT molecular complexity index is 520. The maximum Gasteiger partial charge on any atom is 0.272 e. The van der Waals surface area contributed by atoms with Gasteiger partial charge in [-0.1, -0.05) is 23.0 Å². The van der Waals surface area contributed by atoms with Crippen LogP contribution in [0.3, 0.4) is 0 Å². The molecule has 0 aliphatic carbocycles. The van der Waals surface area contributed by atoms with Crippen LogP contribution in [0.15, 0.2) is 16.0 Å². The largest absolute Gasteiger partial charge is 0.374 e. The van der Waals surface area contributed by atoms with E-state index in [1.807, 2.05) is 13.0 Å². The third kappa shape index (κ3) is 2.08. The molecular formula is C8H12N4O2S2. The molecule has 0 atom stereocenters. The summed E-state index contributed by atoms with van der Waals surface area (Å²) >= 11 is 0.894. The van der Waals surface area contributed by atoms with E-state index in [1.165, 1.54) is 9.88 Å².